The minimum atomic E-state index is -0.804. The predicted octanol–water partition coefficient (Wildman–Crippen LogP) is 2.59. The number of carbonyl (C=O) groups excluding carboxylic acids is 2. The summed E-state index contributed by atoms with van der Waals surface area (Å²) in [7, 11) is 0. The first kappa shape index (κ1) is 19.3. The maximum absolute atomic E-state index is 13.1. The number of amides is 1. The van der Waals surface area contributed by atoms with E-state index in [1.54, 1.807) is 19.1 Å². The fourth-order valence-electron chi connectivity index (χ4n) is 3.70. The summed E-state index contributed by atoms with van der Waals surface area (Å²) in [5.41, 5.74) is 4.69. The second-order valence-corrected chi connectivity index (χ2v) is 6.85. The fourth-order valence-corrected chi connectivity index (χ4v) is 3.70. The molecular formula is C23H21N3O2. The third-order valence-corrected chi connectivity index (χ3v) is 4.99. The minimum Gasteiger partial charge on any atom is -0.345 e. The molecular weight excluding hydrogens is 350 g/mol. The summed E-state index contributed by atoms with van der Waals surface area (Å²) in [6.45, 7) is 5.72. The van der Waals surface area contributed by atoms with Crippen LogP contribution in [0.25, 0.3) is 0 Å². The van der Waals surface area contributed by atoms with E-state index in [0.717, 1.165) is 22.3 Å². The first-order valence-electron chi connectivity index (χ1n) is 9.23. The molecule has 0 spiro atoms. The van der Waals surface area contributed by atoms with Crippen LogP contribution in [0.1, 0.15) is 53.3 Å². The van der Waals surface area contributed by atoms with Crippen LogP contribution in [0.5, 0.6) is 0 Å². The predicted molar refractivity (Wildman–Crippen MR) is 105 cm³/mol. The molecule has 1 amide bonds. The molecule has 1 aromatic carbocycles. The zero-order valence-corrected chi connectivity index (χ0v) is 16.2. The van der Waals surface area contributed by atoms with Crippen LogP contribution in [0, 0.1) is 30.1 Å². The van der Waals surface area contributed by atoms with Gasteiger partial charge in [0, 0.05) is 23.9 Å². The Kier molecular flexibility index (Phi) is 5.57. The molecule has 1 aromatic heterocycles. The van der Waals surface area contributed by atoms with Crippen LogP contribution in [0.15, 0.2) is 30.5 Å². The first-order valence-corrected chi connectivity index (χ1v) is 9.23. The zero-order chi connectivity index (χ0) is 20.3. The summed E-state index contributed by atoms with van der Waals surface area (Å²) in [6.07, 6.45) is 2.50. The number of hydrogen-bond donors (Lipinski definition) is 1. The van der Waals surface area contributed by atoms with Gasteiger partial charge in [0.05, 0.1) is 11.6 Å². The summed E-state index contributed by atoms with van der Waals surface area (Å²) in [6, 6.07) is 8.68. The Bertz CT molecular complexity index is 1040. The number of pyridine rings is 1. The van der Waals surface area contributed by atoms with Crippen molar-refractivity contribution in [2.24, 2.45) is 0 Å². The van der Waals surface area contributed by atoms with Crippen molar-refractivity contribution in [3.63, 3.8) is 0 Å². The van der Waals surface area contributed by atoms with E-state index < -0.39 is 12.0 Å². The molecule has 1 aliphatic heterocycles. The molecule has 0 aliphatic carbocycles. The third kappa shape index (κ3) is 3.66. The minimum absolute atomic E-state index is 0.136. The van der Waals surface area contributed by atoms with E-state index in [2.05, 4.69) is 22.1 Å². The molecule has 0 radical (unpaired) electrons. The van der Waals surface area contributed by atoms with Crippen molar-refractivity contribution < 1.29 is 9.59 Å². The number of nitriles is 1. The maximum atomic E-state index is 13.1. The van der Waals surface area contributed by atoms with Gasteiger partial charge in [-0.25, -0.2) is 0 Å². The number of carbonyl (C=O) groups is 2. The summed E-state index contributed by atoms with van der Waals surface area (Å²) in [4.78, 5) is 30.0. The fraction of sp³-hybridized carbons (Fsp3) is 0.304. The highest BCUT2D eigenvalue weighted by molar-refractivity contribution is 6.15. The SMILES string of the molecule is CC#Cc1cc(C)c(C2C(=O)NC(Cc3ccc(C#N)cn3)C2=O)c(CC)c1. The summed E-state index contributed by atoms with van der Waals surface area (Å²) in [5, 5.41) is 11.7. The Hall–Kier alpha value is -3.44. The molecule has 5 nitrogen and oxygen atoms in total. The topological polar surface area (TPSA) is 82.8 Å². The Balaban J connectivity index is 1.91. The van der Waals surface area contributed by atoms with E-state index in [9.17, 15) is 9.59 Å². The lowest BCUT2D eigenvalue weighted by Crippen LogP contribution is -2.31. The Morgan fingerprint density at radius 3 is 2.61 bits per heavy atom. The molecule has 140 valence electrons. The average Bonchev–Trinajstić information content (AvgIpc) is 2.95. The number of ketones is 1. The zero-order valence-electron chi connectivity index (χ0n) is 16.2. The van der Waals surface area contributed by atoms with Gasteiger partial charge in [-0.1, -0.05) is 12.8 Å². The molecule has 2 atom stereocenters. The van der Waals surface area contributed by atoms with Gasteiger partial charge in [0.15, 0.2) is 5.78 Å². The molecule has 2 aromatic rings. The highest BCUT2D eigenvalue weighted by Crippen LogP contribution is 2.31. The van der Waals surface area contributed by atoms with Crippen LogP contribution >= 0.6 is 0 Å². The van der Waals surface area contributed by atoms with Gasteiger partial charge in [-0.15, -0.1) is 5.92 Å². The number of nitrogens with one attached hydrogen (secondary N) is 1. The summed E-state index contributed by atoms with van der Waals surface area (Å²) in [5.74, 6) is 4.73. The van der Waals surface area contributed by atoms with Crippen LogP contribution < -0.4 is 5.32 Å². The van der Waals surface area contributed by atoms with Crippen molar-refractivity contribution in [2.75, 3.05) is 0 Å². The number of benzene rings is 1. The van der Waals surface area contributed by atoms with Crippen molar-refractivity contribution in [2.45, 2.75) is 45.6 Å². The van der Waals surface area contributed by atoms with E-state index in [1.807, 2.05) is 32.0 Å². The molecule has 5 heteroatoms. The number of aryl methyl sites for hydroxylation is 2. The lowest BCUT2D eigenvalue weighted by atomic mass is 9.84. The average molecular weight is 371 g/mol. The number of rotatable bonds is 4. The maximum Gasteiger partial charge on any atom is 0.235 e. The van der Waals surface area contributed by atoms with Gasteiger partial charge >= 0.3 is 0 Å². The molecule has 0 bridgehead atoms. The van der Waals surface area contributed by atoms with Crippen molar-refractivity contribution in [1.82, 2.24) is 10.3 Å². The molecule has 3 rings (SSSR count). The van der Waals surface area contributed by atoms with Crippen molar-refractivity contribution in [3.8, 4) is 17.9 Å². The third-order valence-electron chi connectivity index (χ3n) is 4.99. The normalized spacial score (nSPS) is 18.2. The second kappa shape index (κ2) is 8.06. The van der Waals surface area contributed by atoms with Gasteiger partial charge in [0.25, 0.3) is 0 Å². The van der Waals surface area contributed by atoms with E-state index >= 15 is 0 Å². The Morgan fingerprint density at radius 2 is 2.00 bits per heavy atom. The van der Waals surface area contributed by atoms with Gasteiger partial charge in [0.1, 0.15) is 12.0 Å². The lowest BCUT2D eigenvalue weighted by molar-refractivity contribution is -0.124. The van der Waals surface area contributed by atoms with Crippen LogP contribution in [0.2, 0.25) is 0 Å². The Labute approximate surface area is 164 Å². The van der Waals surface area contributed by atoms with Gasteiger partial charge in [-0.3, -0.25) is 14.6 Å². The van der Waals surface area contributed by atoms with E-state index in [0.29, 0.717) is 24.1 Å². The monoisotopic (exact) mass is 371 g/mol. The van der Waals surface area contributed by atoms with Gasteiger partial charge in [0.2, 0.25) is 5.91 Å². The van der Waals surface area contributed by atoms with E-state index in [4.69, 9.17) is 5.26 Å². The van der Waals surface area contributed by atoms with Crippen LogP contribution in [-0.2, 0) is 22.4 Å². The molecule has 1 aliphatic rings. The lowest BCUT2D eigenvalue weighted by Gasteiger charge is -2.16. The summed E-state index contributed by atoms with van der Waals surface area (Å²) >= 11 is 0. The highest BCUT2D eigenvalue weighted by Gasteiger charge is 2.43. The second-order valence-electron chi connectivity index (χ2n) is 6.85. The first-order chi connectivity index (χ1) is 13.5. The Morgan fingerprint density at radius 1 is 1.21 bits per heavy atom. The number of aromatic nitrogens is 1. The number of hydrogen-bond acceptors (Lipinski definition) is 4. The van der Waals surface area contributed by atoms with Crippen LogP contribution in [-0.4, -0.2) is 22.7 Å². The molecule has 1 N–H and O–H groups in total. The smallest absolute Gasteiger partial charge is 0.235 e. The molecule has 28 heavy (non-hydrogen) atoms. The highest BCUT2D eigenvalue weighted by atomic mass is 16.2. The van der Waals surface area contributed by atoms with E-state index in [1.165, 1.54) is 6.20 Å². The van der Waals surface area contributed by atoms with Crippen molar-refractivity contribution in [3.05, 3.63) is 64.0 Å². The molecule has 2 unspecified atom stereocenters. The van der Waals surface area contributed by atoms with Gasteiger partial charge in [-0.2, -0.15) is 5.26 Å². The molecule has 1 saturated heterocycles. The largest absolute Gasteiger partial charge is 0.345 e. The van der Waals surface area contributed by atoms with Crippen molar-refractivity contribution >= 4 is 11.7 Å². The molecule has 2 heterocycles. The van der Waals surface area contributed by atoms with Gasteiger partial charge < -0.3 is 5.32 Å². The standard InChI is InChI=1S/C23H21N3O2/c1-4-6-15-9-14(3)20(17(5-2)10-15)21-22(27)19(26-23(21)28)11-18-8-7-16(12-24)13-25-18/h7-10,13,19,21H,5,11H2,1-3H3,(H,26,28). The van der Waals surface area contributed by atoms with Crippen molar-refractivity contribution in [1.29, 1.82) is 5.26 Å². The summed E-state index contributed by atoms with van der Waals surface area (Å²) < 4.78 is 0. The van der Waals surface area contributed by atoms with Gasteiger partial charge in [-0.05, 0) is 61.2 Å². The van der Waals surface area contributed by atoms with Crippen LogP contribution in [0.4, 0.5) is 0 Å². The molecule has 1 fully saturated rings. The number of Topliss-reactive ketones (excluding diaryl/α,β-unsaturated/α-hetero) is 1. The van der Waals surface area contributed by atoms with Crippen LogP contribution in [0.3, 0.4) is 0 Å². The van der Waals surface area contributed by atoms with E-state index in [-0.39, 0.29) is 11.7 Å². The quantitative estimate of drug-likeness (QED) is 0.661. The molecule has 0 saturated carbocycles. The number of nitrogens with zero attached hydrogens (tertiary/aromatic N) is 2.